The minimum absolute atomic E-state index is 0.0117. The van der Waals surface area contributed by atoms with Crippen molar-refractivity contribution in [1.29, 1.82) is 0 Å². The second-order valence-corrected chi connectivity index (χ2v) is 18.1. The number of benzene rings is 6. The van der Waals surface area contributed by atoms with E-state index in [1.165, 1.54) is 27.6 Å². The molecule has 3 heterocycles. The lowest BCUT2D eigenvalue weighted by Crippen LogP contribution is -2.31. The van der Waals surface area contributed by atoms with Gasteiger partial charge in [0.1, 0.15) is 28.7 Å². The first-order chi connectivity index (χ1) is 27.8. The molecule has 0 saturated carbocycles. The number of hydrogen-bond donors (Lipinski definition) is 0. The van der Waals surface area contributed by atoms with Gasteiger partial charge in [-0.15, -0.1) is 0 Å². The van der Waals surface area contributed by atoms with Crippen molar-refractivity contribution in [1.82, 2.24) is 14.1 Å². The van der Waals surface area contributed by atoms with Crippen LogP contribution in [-0.4, -0.2) is 14.1 Å². The van der Waals surface area contributed by atoms with Gasteiger partial charge in [-0.05, 0) is 99.8 Å². The fourth-order valence-corrected chi connectivity index (χ4v) is 8.18. The van der Waals surface area contributed by atoms with Gasteiger partial charge in [-0.3, -0.25) is 4.57 Å². The minimum atomic E-state index is -0.201. The maximum atomic E-state index is 6.73. The van der Waals surface area contributed by atoms with E-state index in [-0.39, 0.29) is 16.2 Å². The van der Waals surface area contributed by atoms with E-state index in [1.54, 1.807) is 0 Å². The molecule has 58 heavy (non-hydrogen) atoms. The minimum Gasteiger partial charge on any atom is -0.457 e. The Morgan fingerprint density at radius 3 is 1.90 bits per heavy atom. The monoisotopic (exact) mass is 759 g/mol. The first-order valence-electron chi connectivity index (χ1n) is 20.3. The van der Waals surface area contributed by atoms with Crippen molar-refractivity contribution < 1.29 is 9.30 Å². The number of pyridine rings is 1. The van der Waals surface area contributed by atoms with Crippen molar-refractivity contribution in [2.24, 2.45) is 0 Å². The highest BCUT2D eigenvalue weighted by atomic mass is 16.5. The van der Waals surface area contributed by atoms with E-state index in [9.17, 15) is 0 Å². The molecule has 0 saturated heterocycles. The van der Waals surface area contributed by atoms with Gasteiger partial charge in [-0.25, -0.2) is 4.98 Å². The zero-order chi connectivity index (χ0) is 40.4. The number of imidazole rings is 1. The third-order valence-electron chi connectivity index (χ3n) is 11.7. The summed E-state index contributed by atoms with van der Waals surface area (Å²) in [4.78, 5) is 4.95. The second-order valence-electron chi connectivity index (χ2n) is 18.1. The van der Waals surface area contributed by atoms with Crippen LogP contribution in [0.3, 0.4) is 0 Å². The van der Waals surface area contributed by atoms with Crippen molar-refractivity contribution in [2.45, 2.75) is 71.6 Å². The standard InChI is InChI=1S/C53H51N4O/c1-51(2,3)38-29-39(52(4,5)6)31-41(30-38)56-35-55(47-23-14-15-24-48(47)56)40-19-16-20-42(33-40)58-43-25-26-45-44-21-12-13-22-46(44)57(49(45)34-43)50-32-37(27-28-54-50)53(7,8)36-17-10-9-11-18-36/h9-35H,1-8H3/q+1. The molecule has 0 amide bonds. The molecule has 0 fully saturated rings. The topological polar surface area (TPSA) is 35.9 Å². The molecule has 0 aliphatic carbocycles. The van der Waals surface area contributed by atoms with E-state index in [0.29, 0.717) is 0 Å². The average Bonchev–Trinajstić information content (AvgIpc) is 3.77. The van der Waals surface area contributed by atoms with Crippen LogP contribution in [0.15, 0.2) is 164 Å². The summed E-state index contributed by atoms with van der Waals surface area (Å²) in [5, 5.41) is 2.33. The van der Waals surface area contributed by atoms with Crippen LogP contribution >= 0.6 is 0 Å². The van der Waals surface area contributed by atoms with Gasteiger partial charge >= 0.3 is 0 Å². The lowest BCUT2D eigenvalue weighted by molar-refractivity contribution is -0.567. The molecule has 6 aromatic carbocycles. The van der Waals surface area contributed by atoms with E-state index in [2.05, 4.69) is 221 Å². The zero-order valence-corrected chi connectivity index (χ0v) is 34.8. The molecule has 0 atom stereocenters. The van der Waals surface area contributed by atoms with Crippen molar-refractivity contribution in [3.8, 4) is 28.7 Å². The van der Waals surface area contributed by atoms with Crippen LogP contribution in [0.25, 0.3) is 50.0 Å². The van der Waals surface area contributed by atoms with E-state index >= 15 is 0 Å². The van der Waals surface area contributed by atoms with E-state index in [0.717, 1.165) is 56.1 Å². The highest BCUT2D eigenvalue weighted by molar-refractivity contribution is 6.09. The molecule has 0 unspecified atom stereocenters. The maximum absolute atomic E-state index is 6.73. The Bertz CT molecular complexity index is 2940. The number of rotatable bonds is 7. The molecular formula is C53H51N4O+. The normalized spacial score (nSPS) is 12.5. The van der Waals surface area contributed by atoms with E-state index in [4.69, 9.17) is 9.72 Å². The van der Waals surface area contributed by atoms with Crippen LogP contribution in [0.5, 0.6) is 11.5 Å². The summed E-state index contributed by atoms with van der Waals surface area (Å²) in [7, 11) is 0. The molecule has 0 radical (unpaired) electrons. The molecule has 0 aliphatic rings. The van der Waals surface area contributed by atoms with Crippen LogP contribution in [0, 0.1) is 0 Å². The molecule has 0 bridgehead atoms. The summed E-state index contributed by atoms with van der Waals surface area (Å²) in [6, 6.07) is 54.0. The molecule has 0 spiro atoms. The second kappa shape index (κ2) is 13.9. The summed E-state index contributed by atoms with van der Waals surface area (Å²) in [5.74, 6) is 2.40. The van der Waals surface area contributed by atoms with Crippen LogP contribution in [0.4, 0.5) is 0 Å². The number of aromatic nitrogens is 4. The Hall–Kier alpha value is -6.46. The fraction of sp³-hybridized carbons (Fsp3) is 0.208. The number of fused-ring (bicyclic) bond motifs is 4. The van der Waals surface area contributed by atoms with Gasteiger partial charge in [-0.1, -0.05) is 128 Å². The Labute approximate surface area is 341 Å². The van der Waals surface area contributed by atoms with Crippen molar-refractivity contribution in [3.05, 3.63) is 186 Å². The van der Waals surface area contributed by atoms with Crippen LogP contribution in [0.1, 0.15) is 77.6 Å². The predicted molar refractivity (Wildman–Crippen MR) is 239 cm³/mol. The summed E-state index contributed by atoms with van der Waals surface area (Å²) >= 11 is 0. The third kappa shape index (κ3) is 6.64. The van der Waals surface area contributed by atoms with Gasteiger partial charge in [0.05, 0.1) is 11.0 Å². The maximum Gasteiger partial charge on any atom is 0.255 e. The lowest BCUT2D eigenvalue weighted by Gasteiger charge is -2.26. The summed E-state index contributed by atoms with van der Waals surface area (Å²) in [6.07, 6.45) is 4.14. The molecule has 9 aromatic rings. The SMILES string of the molecule is CC(C)(C)c1cc(-[n+]2cn(-c3cccc(Oc4ccc5c6ccccc6n(-c6cc(C(C)(C)c7ccccc7)ccn6)c5c4)c3)c3ccccc32)cc(C(C)(C)C)c1. The Morgan fingerprint density at radius 2 is 1.16 bits per heavy atom. The largest absolute Gasteiger partial charge is 0.457 e. The Morgan fingerprint density at radius 1 is 0.500 bits per heavy atom. The van der Waals surface area contributed by atoms with Crippen molar-refractivity contribution >= 4 is 32.8 Å². The van der Waals surface area contributed by atoms with E-state index in [1.807, 2.05) is 12.3 Å². The lowest BCUT2D eigenvalue weighted by atomic mass is 9.78. The third-order valence-corrected chi connectivity index (χ3v) is 11.7. The molecule has 9 rings (SSSR count). The van der Waals surface area contributed by atoms with Gasteiger partial charge < -0.3 is 4.74 Å². The summed E-state index contributed by atoms with van der Waals surface area (Å²) in [6.45, 7) is 18.3. The van der Waals surface area contributed by atoms with Gasteiger partial charge in [0, 0.05) is 34.5 Å². The van der Waals surface area contributed by atoms with Gasteiger partial charge in [-0.2, -0.15) is 9.13 Å². The molecule has 5 nitrogen and oxygen atoms in total. The van der Waals surface area contributed by atoms with Crippen LogP contribution in [-0.2, 0) is 16.2 Å². The molecule has 5 heteroatoms. The quantitative estimate of drug-likeness (QED) is 0.152. The first-order valence-corrected chi connectivity index (χ1v) is 20.3. The van der Waals surface area contributed by atoms with E-state index < -0.39 is 0 Å². The number of hydrogen-bond acceptors (Lipinski definition) is 2. The highest BCUT2D eigenvalue weighted by Crippen LogP contribution is 2.38. The predicted octanol–water partition coefficient (Wildman–Crippen LogP) is 13.1. The molecule has 288 valence electrons. The van der Waals surface area contributed by atoms with Crippen LogP contribution < -0.4 is 9.30 Å². The molecule has 0 aliphatic heterocycles. The van der Waals surface area contributed by atoms with Crippen molar-refractivity contribution in [3.63, 3.8) is 0 Å². The van der Waals surface area contributed by atoms with Gasteiger partial charge in [0.2, 0.25) is 0 Å². The number of nitrogens with zero attached hydrogens (tertiary/aromatic N) is 4. The van der Waals surface area contributed by atoms with Gasteiger partial charge in [0.25, 0.3) is 6.33 Å². The summed E-state index contributed by atoms with van der Waals surface area (Å²) in [5.41, 5.74) is 11.5. The smallest absolute Gasteiger partial charge is 0.255 e. The Balaban J connectivity index is 1.11. The molecule has 0 N–H and O–H groups in total. The van der Waals surface area contributed by atoms with Crippen molar-refractivity contribution in [2.75, 3.05) is 0 Å². The first kappa shape index (κ1) is 37.1. The number of para-hydroxylation sites is 3. The molecular weight excluding hydrogens is 709 g/mol. The van der Waals surface area contributed by atoms with Crippen LogP contribution in [0.2, 0.25) is 0 Å². The molecule has 3 aromatic heterocycles. The fourth-order valence-electron chi connectivity index (χ4n) is 8.18. The Kier molecular flexibility index (Phi) is 8.89. The van der Waals surface area contributed by atoms with Gasteiger partial charge in [0.15, 0.2) is 11.0 Å². The average molecular weight is 760 g/mol. The highest BCUT2D eigenvalue weighted by Gasteiger charge is 2.27. The zero-order valence-electron chi connectivity index (χ0n) is 34.8. The number of ether oxygens (including phenoxy) is 1. The summed E-state index contributed by atoms with van der Waals surface area (Å²) < 4.78 is 13.6.